The van der Waals surface area contributed by atoms with E-state index in [2.05, 4.69) is 40.1 Å². The molecule has 0 saturated heterocycles. The van der Waals surface area contributed by atoms with Crippen LogP contribution in [0.4, 0.5) is 20.4 Å². The van der Waals surface area contributed by atoms with Crippen LogP contribution in [0.2, 0.25) is 5.02 Å². The number of anilines is 2. The fraction of sp³-hybridized carbons (Fsp3) is 0.350. The molecule has 150 valence electrons. The van der Waals surface area contributed by atoms with Crippen molar-refractivity contribution < 1.29 is 8.78 Å². The summed E-state index contributed by atoms with van der Waals surface area (Å²) in [6, 6.07) is 8.69. The average Bonchev–Trinajstić information content (AvgIpc) is 2.94. The van der Waals surface area contributed by atoms with Gasteiger partial charge in [-0.2, -0.15) is 8.78 Å². The Bertz CT molecular complexity index is 1010. The van der Waals surface area contributed by atoms with E-state index in [4.69, 9.17) is 11.6 Å². The highest BCUT2D eigenvalue weighted by atomic mass is 127. The van der Waals surface area contributed by atoms with Gasteiger partial charge < -0.3 is 9.88 Å². The van der Waals surface area contributed by atoms with Crippen LogP contribution >= 0.6 is 50.1 Å². The average molecular weight is 583 g/mol. The van der Waals surface area contributed by atoms with Crippen molar-refractivity contribution >= 4 is 72.8 Å². The number of hydrogen-bond acceptors (Lipinski definition) is 2. The summed E-state index contributed by atoms with van der Waals surface area (Å²) in [4.78, 5) is 4.56. The van der Waals surface area contributed by atoms with Crippen molar-refractivity contribution in [1.29, 1.82) is 0 Å². The van der Waals surface area contributed by atoms with Gasteiger partial charge in [-0.1, -0.05) is 31.5 Å². The molecule has 0 unspecified atom stereocenters. The Hall–Kier alpha value is -0.930. The normalized spacial score (nSPS) is 12.2. The molecule has 0 bridgehead atoms. The predicted molar refractivity (Wildman–Crippen MR) is 124 cm³/mol. The molecule has 0 amide bonds. The summed E-state index contributed by atoms with van der Waals surface area (Å²) in [7, 11) is 1.85. The van der Waals surface area contributed by atoms with Crippen molar-refractivity contribution in [3.05, 3.63) is 51.0 Å². The van der Waals surface area contributed by atoms with E-state index in [-0.39, 0.29) is 11.5 Å². The van der Waals surface area contributed by atoms with Crippen molar-refractivity contribution in [2.45, 2.75) is 36.5 Å². The lowest BCUT2D eigenvalue weighted by molar-refractivity contribution is 0.129. The zero-order chi connectivity index (χ0) is 20.6. The zero-order valence-corrected chi connectivity index (χ0v) is 20.2. The molecular formula is C20H20BrClF2IN3. The number of nitrogens with zero attached hydrogens (tertiary/aromatic N) is 2. The maximum Gasteiger partial charge on any atom is 0.323 e. The Balaban J connectivity index is 2.22. The lowest BCUT2D eigenvalue weighted by Gasteiger charge is -2.18. The maximum absolute atomic E-state index is 14.3. The highest BCUT2D eigenvalue weighted by Gasteiger charge is 2.32. The van der Waals surface area contributed by atoms with Gasteiger partial charge in [0.15, 0.2) is 0 Å². The number of benzene rings is 2. The van der Waals surface area contributed by atoms with Crippen LogP contribution in [0.25, 0.3) is 11.0 Å². The molecule has 0 fully saturated rings. The lowest BCUT2D eigenvalue weighted by Crippen LogP contribution is -2.07. The van der Waals surface area contributed by atoms with Crippen LogP contribution in [0.5, 0.6) is 0 Å². The number of rotatable bonds is 6. The van der Waals surface area contributed by atoms with Gasteiger partial charge in [-0.05, 0) is 64.5 Å². The summed E-state index contributed by atoms with van der Waals surface area (Å²) < 4.78 is 28.1. The number of halogens is 5. The molecule has 0 radical (unpaired) electrons. The molecule has 0 aliphatic carbocycles. The summed E-state index contributed by atoms with van der Waals surface area (Å²) in [5.41, 5.74) is 2.81. The molecule has 0 atom stereocenters. The van der Waals surface area contributed by atoms with E-state index < -0.39 is 3.93 Å². The van der Waals surface area contributed by atoms with Crippen molar-refractivity contribution in [3.63, 3.8) is 0 Å². The number of aryl methyl sites for hydroxylation is 1. The molecular weight excluding hydrogens is 562 g/mol. The molecule has 28 heavy (non-hydrogen) atoms. The molecule has 3 nitrogen and oxygen atoms in total. The zero-order valence-electron chi connectivity index (χ0n) is 15.7. The molecule has 0 aliphatic rings. The van der Waals surface area contributed by atoms with Gasteiger partial charge in [0.05, 0.1) is 16.8 Å². The third kappa shape index (κ3) is 4.16. The largest absolute Gasteiger partial charge is 0.325 e. The Labute approximate surface area is 190 Å². The summed E-state index contributed by atoms with van der Waals surface area (Å²) in [5.74, 6) is 0.781. The third-order valence-corrected chi connectivity index (χ3v) is 6.43. The Morgan fingerprint density at radius 2 is 1.93 bits per heavy atom. The SMILES string of the molecule is CCC(CC)c1ccc(C(F)(F)I)c2nc(Nc3ccc(Cl)cc3Br)n(C)c12. The monoisotopic (exact) mass is 581 g/mol. The van der Waals surface area contributed by atoms with Gasteiger partial charge in [-0.3, -0.25) is 0 Å². The fourth-order valence-corrected chi connectivity index (χ4v) is 4.67. The molecule has 0 spiro atoms. The minimum absolute atomic E-state index is 0.0726. The minimum atomic E-state index is -3.01. The highest BCUT2D eigenvalue weighted by Crippen LogP contribution is 2.42. The van der Waals surface area contributed by atoms with Crippen LogP contribution in [0, 0.1) is 0 Å². The van der Waals surface area contributed by atoms with Crippen molar-refractivity contribution in [2.24, 2.45) is 7.05 Å². The molecule has 0 saturated carbocycles. The molecule has 2 aromatic carbocycles. The minimum Gasteiger partial charge on any atom is -0.325 e. The molecule has 8 heteroatoms. The summed E-state index contributed by atoms with van der Waals surface area (Å²) in [5, 5.41) is 3.84. The molecule has 1 heterocycles. The summed E-state index contributed by atoms with van der Waals surface area (Å²) >= 11 is 10.7. The lowest BCUT2D eigenvalue weighted by atomic mass is 9.91. The molecule has 3 rings (SSSR count). The van der Waals surface area contributed by atoms with E-state index in [9.17, 15) is 8.78 Å². The predicted octanol–water partition coefficient (Wildman–Crippen LogP) is 8.12. The van der Waals surface area contributed by atoms with Crippen molar-refractivity contribution in [3.8, 4) is 0 Å². The second kappa shape index (κ2) is 8.44. The van der Waals surface area contributed by atoms with Crippen LogP contribution in [-0.2, 0) is 11.0 Å². The van der Waals surface area contributed by atoms with Crippen LogP contribution in [0.3, 0.4) is 0 Å². The van der Waals surface area contributed by atoms with Gasteiger partial charge in [0.2, 0.25) is 5.95 Å². The molecule has 1 N–H and O–H groups in total. The van der Waals surface area contributed by atoms with E-state index in [1.54, 1.807) is 12.1 Å². The number of hydrogen-bond donors (Lipinski definition) is 1. The first-order valence-corrected chi connectivity index (χ1v) is 11.2. The molecule has 1 aromatic heterocycles. The summed E-state index contributed by atoms with van der Waals surface area (Å²) in [6.07, 6.45) is 1.87. The maximum atomic E-state index is 14.3. The smallest absolute Gasteiger partial charge is 0.323 e. The number of aromatic nitrogens is 2. The number of alkyl halides is 3. The van der Waals surface area contributed by atoms with Crippen LogP contribution in [-0.4, -0.2) is 9.55 Å². The van der Waals surface area contributed by atoms with Crippen LogP contribution in [0.15, 0.2) is 34.8 Å². The first-order valence-electron chi connectivity index (χ1n) is 8.95. The van der Waals surface area contributed by atoms with Gasteiger partial charge in [-0.25, -0.2) is 4.98 Å². The number of fused-ring (bicyclic) bond motifs is 1. The number of nitrogens with one attached hydrogen (secondary N) is 1. The first kappa shape index (κ1) is 21.8. The molecule has 3 aromatic rings. The van der Waals surface area contributed by atoms with Crippen molar-refractivity contribution in [2.75, 3.05) is 5.32 Å². The van der Waals surface area contributed by atoms with Gasteiger partial charge in [0.1, 0.15) is 5.52 Å². The quantitative estimate of drug-likeness (QED) is 0.235. The highest BCUT2D eigenvalue weighted by molar-refractivity contribution is 14.1. The fourth-order valence-electron chi connectivity index (χ4n) is 3.46. The second-order valence-corrected chi connectivity index (χ2v) is 9.30. The van der Waals surface area contributed by atoms with E-state index in [1.165, 1.54) is 28.7 Å². The van der Waals surface area contributed by atoms with Gasteiger partial charge in [-0.15, -0.1) is 0 Å². The van der Waals surface area contributed by atoms with Gasteiger partial charge >= 0.3 is 3.93 Å². The van der Waals surface area contributed by atoms with E-state index in [1.807, 2.05) is 23.7 Å². The topological polar surface area (TPSA) is 29.9 Å². The Morgan fingerprint density at radius 3 is 2.50 bits per heavy atom. The van der Waals surface area contributed by atoms with E-state index in [0.29, 0.717) is 16.5 Å². The summed E-state index contributed by atoms with van der Waals surface area (Å²) in [6.45, 7) is 4.22. The first-order chi connectivity index (χ1) is 13.2. The molecule has 0 aliphatic heterocycles. The van der Waals surface area contributed by atoms with E-state index in [0.717, 1.165) is 34.1 Å². The van der Waals surface area contributed by atoms with E-state index >= 15 is 0 Å². The second-order valence-electron chi connectivity index (χ2n) is 6.65. The van der Waals surface area contributed by atoms with Crippen LogP contribution in [0.1, 0.15) is 43.7 Å². The van der Waals surface area contributed by atoms with Crippen molar-refractivity contribution in [1.82, 2.24) is 9.55 Å². The Morgan fingerprint density at radius 1 is 1.25 bits per heavy atom. The van der Waals surface area contributed by atoms with Gasteiger partial charge in [0, 0.05) is 39.1 Å². The number of imidazole rings is 1. The van der Waals surface area contributed by atoms with Crippen LogP contribution < -0.4 is 5.32 Å². The third-order valence-electron chi connectivity index (χ3n) is 4.96. The standard InChI is InChI=1S/C20H20BrClF2IN3/c1-4-11(5-2)13-7-8-14(20(23,24)25)17-18(13)28(3)19(27-17)26-16-9-6-12(22)10-15(16)21/h6-11H,4-5H2,1-3H3,(H,26,27). The Kier molecular flexibility index (Phi) is 6.56. The van der Waals surface area contributed by atoms with Gasteiger partial charge in [0.25, 0.3) is 0 Å².